The highest BCUT2D eigenvalue weighted by Gasteiger charge is 2.20. The first-order chi connectivity index (χ1) is 10.0. The first-order valence-corrected chi connectivity index (χ1v) is 6.48. The second kappa shape index (κ2) is 4.63. The summed E-state index contributed by atoms with van der Waals surface area (Å²) in [6.07, 6.45) is 3.23. The predicted octanol–water partition coefficient (Wildman–Crippen LogP) is 2.24. The number of aromatic carboxylic acids is 1. The van der Waals surface area contributed by atoms with E-state index in [0.717, 1.165) is 11.1 Å². The van der Waals surface area contributed by atoms with Gasteiger partial charge in [-0.25, -0.2) is 4.79 Å². The minimum Gasteiger partial charge on any atom is -0.478 e. The Balaban J connectivity index is 2.51. The van der Waals surface area contributed by atoms with Crippen LogP contribution in [0.3, 0.4) is 0 Å². The van der Waals surface area contributed by atoms with Crippen LogP contribution in [0.4, 0.5) is 0 Å². The number of pyridine rings is 1. The Labute approximate surface area is 120 Å². The van der Waals surface area contributed by atoms with E-state index >= 15 is 0 Å². The fourth-order valence-corrected chi connectivity index (χ4v) is 2.65. The second-order valence-corrected chi connectivity index (χ2v) is 5.01. The van der Waals surface area contributed by atoms with Gasteiger partial charge in [0.2, 0.25) is 0 Å². The number of hydrogen-bond acceptors (Lipinski definition) is 2. The third kappa shape index (κ3) is 1.94. The average molecular weight is 282 g/mol. The fraction of sp³-hybridized carbons (Fsp3) is 0.125. The molecule has 21 heavy (non-hydrogen) atoms. The molecule has 5 nitrogen and oxygen atoms in total. The minimum atomic E-state index is -1.09. The van der Waals surface area contributed by atoms with Gasteiger partial charge in [-0.3, -0.25) is 4.79 Å². The molecule has 0 aliphatic heterocycles. The molecule has 2 heterocycles. The smallest absolute Gasteiger partial charge is 0.338 e. The number of carbonyl (C=O) groups is 1. The van der Waals surface area contributed by atoms with Crippen molar-refractivity contribution in [1.82, 2.24) is 9.13 Å². The third-order valence-electron chi connectivity index (χ3n) is 3.61. The van der Waals surface area contributed by atoms with E-state index in [-0.39, 0.29) is 16.5 Å². The molecule has 1 N–H and O–H groups in total. The standard InChI is InChI=1S/C16H14N2O3/c1-17-9-12(16(20)21)13-14(17)11(8-18(2)15(13)19)10-6-4-3-5-7-10/h3-9H,1-2H3,(H,20,21). The van der Waals surface area contributed by atoms with Crippen LogP contribution in [0.15, 0.2) is 47.5 Å². The normalized spacial score (nSPS) is 11.0. The molecule has 5 heteroatoms. The maximum absolute atomic E-state index is 12.3. The van der Waals surface area contributed by atoms with Crippen LogP contribution in [-0.4, -0.2) is 20.2 Å². The molecule has 0 aliphatic rings. The van der Waals surface area contributed by atoms with Crippen molar-refractivity contribution in [3.05, 3.63) is 58.6 Å². The first-order valence-electron chi connectivity index (χ1n) is 6.48. The number of benzene rings is 1. The molecule has 0 spiro atoms. The third-order valence-corrected chi connectivity index (χ3v) is 3.61. The molecule has 0 saturated carbocycles. The zero-order valence-electron chi connectivity index (χ0n) is 11.7. The molecule has 3 rings (SSSR count). The molecule has 0 unspecified atom stereocenters. The van der Waals surface area contributed by atoms with Gasteiger partial charge in [0.05, 0.1) is 16.5 Å². The van der Waals surface area contributed by atoms with Crippen molar-refractivity contribution in [2.24, 2.45) is 14.1 Å². The number of fused-ring (bicyclic) bond motifs is 1. The zero-order chi connectivity index (χ0) is 15.1. The van der Waals surface area contributed by atoms with Crippen molar-refractivity contribution in [2.75, 3.05) is 0 Å². The van der Waals surface area contributed by atoms with Crippen LogP contribution in [-0.2, 0) is 14.1 Å². The Kier molecular flexibility index (Phi) is 2.90. The van der Waals surface area contributed by atoms with Crippen LogP contribution in [0, 0.1) is 0 Å². The van der Waals surface area contributed by atoms with E-state index in [1.165, 1.54) is 10.8 Å². The van der Waals surface area contributed by atoms with E-state index in [4.69, 9.17) is 0 Å². The van der Waals surface area contributed by atoms with Crippen molar-refractivity contribution in [2.45, 2.75) is 0 Å². The Morgan fingerprint density at radius 2 is 1.71 bits per heavy atom. The lowest BCUT2D eigenvalue weighted by Crippen LogP contribution is -2.18. The summed E-state index contributed by atoms with van der Waals surface area (Å²) in [5.41, 5.74) is 2.15. The van der Waals surface area contributed by atoms with Crippen molar-refractivity contribution in [1.29, 1.82) is 0 Å². The molecular formula is C16H14N2O3. The SMILES string of the molecule is Cn1cc(-c2ccccc2)c2c(c(C(=O)O)cn2C)c1=O. The van der Waals surface area contributed by atoms with Gasteiger partial charge in [-0.15, -0.1) is 0 Å². The lowest BCUT2D eigenvalue weighted by molar-refractivity contribution is 0.0698. The monoisotopic (exact) mass is 282 g/mol. The van der Waals surface area contributed by atoms with Crippen molar-refractivity contribution >= 4 is 16.9 Å². The fourth-order valence-electron chi connectivity index (χ4n) is 2.65. The number of nitrogens with zero attached hydrogens (tertiary/aromatic N) is 2. The summed E-state index contributed by atoms with van der Waals surface area (Å²) in [6.45, 7) is 0. The van der Waals surface area contributed by atoms with E-state index in [1.54, 1.807) is 24.9 Å². The molecule has 0 aliphatic carbocycles. The predicted molar refractivity (Wildman–Crippen MR) is 80.6 cm³/mol. The summed E-state index contributed by atoms with van der Waals surface area (Å²) < 4.78 is 3.12. The number of aryl methyl sites for hydroxylation is 2. The quantitative estimate of drug-likeness (QED) is 0.784. The van der Waals surface area contributed by atoms with Gasteiger partial charge in [0.1, 0.15) is 0 Å². The Hall–Kier alpha value is -2.82. The highest BCUT2D eigenvalue weighted by molar-refractivity contribution is 6.07. The van der Waals surface area contributed by atoms with Gasteiger partial charge in [-0.2, -0.15) is 0 Å². The summed E-state index contributed by atoms with van der Waals surface area (Å²) in [4.78, 5) is 23.7. The van der Waals surface area contributed by atoms with E-state index < -0.39 is 5.97 Å². The van der Waals surface area contributed by atoms with Gasteiger partial charge in [0.15, 0.2) is 0 Å². The van der Waals surface area contributed by atoms with Crippen LogP contribution < -0.4 is 5.56 Å². The molecule has 0 amide bonds. The first kappa shape index (κ1) is 13.2. The van der Waals surface area contributed by atoms with Crippen molar-refractivity contribution in [3.8, 4) is 11.1 Å². The summed E-state index contributed by atoms with van der Waals surface area (Å²) in [5, 5.41) is 9.56. The zero-order valence-corrected chi connectivity index (χ0v) is 11.7. The maximum atomic E-state index is 12.3. The minimum absolute atomic E-state index is 0.0332. The van der Waals surface area contributed by atoms with Crippen LogP contribution >= 0.6 is 0 Å². The lowest BCUT2D eigenvalue weighted by atomic mass is 10.0. The van der Waals surface area contributed by atoms with E-state index in [9.17, 15) is 14.7 Å². The van der Waals surface area contributed by atoms with E-state index in [0.29, 0.717) is 5.52 Å². The highest BCUT2D eigenvalue weighted by Crippen LogP contribution is 2.29. The molecular weight excluding hydrogens is 268 g/mol. The van der Waals surface area contributed by atoms with Gasteiger partial charge < -0.3 is 14.2 Å². The molecule has 0 saturated heterocycles. The summed E-state index contributed by atoms with van der Waals surface area (Å²) in [5.74, 6) is -1.09. The van der Waals surface area contributed by atoms with Crippen molar-refractivity contribution < 1.29 is 9.90 Å². The van der Waals surface area contributed by atoms with Gasteiger partial charge in [-0.05, 0) is 5.56 Å². The van der Waals surface area contributed by atoms with Gasteiger partial charge in [0.25, 0.3) is 5.56 Å². The van der Waals surface area contributed by atoms with Crippen molar-refractivity contribution in [3.63, 3.8) is 0 Å². The Bertz CT molecular complexity index is 905. The molecule has 0 radical (unpaired) electrons. The van der Waals surface area contributed by atoms with Gasteiger partial charge in [-0.1, -0.05) is 30.3 Å². The summed E-state index contributed by atoms with van der Waals surface area (Å²) in [6, 6.07) is 9.61. The van der Waals surface area contributed by atoms with Crippen LogP contribution in [0.2, 0.25) is 0 Å². The number of carboxylic acids is 1. The number of rotatable bonds is 2. The summed E-state index contributed by atoms with van der Waals surface area (Å²) in [7, 11) is 3.38. The summed E-state index contributed by atoms with van der Waals surface area (Å²) >= 11 is 0. The van der Waals surface area contributed by atoms with Gasteiger partial charge >= 0.3 is 5.97 Å². The maximum Gasteiger partial charge on any atom is 0.338 e. The largest absolute Gasteiger partial charge is 0.478 e. The molecule has 3 aromatic rings. The molecule has 0 atom stereocenters. The Morgan fingerprint density at radius 1 is 1.05 bits per heavy atom. The molecule has 106 valence electrons. The second-order valence-electron chi connectivity index (χ2n) is 5.01. The highest BCUT2D eigenvalue weighted by atomic mass is 16.4. The lowest BCUT2D eigenvalue weighted by Gasteiger charge is -2.09. The van der Waals surface area contributed by atoms with Crippen LogP contribution in [0.5, 0.6) is 0 Å². The number of aromatic nitrogens is 2. The number of carboxylic acid groups (broad SMARTS) is 1. The molecule has 1 aromatic carbocycles. The van der Waals surface area contributed by atoms with Crippen LogP contribution in [0.25, 0.3) is 22.0 Å². The van der Waals surface area contributed by atoms with E-state index in [1.807, 2.05) is 30.3 Å². The van der Waals surface area contributed by atoms with Crippen LogP contribution in [0.1, 0.15) is 10.4 Å². The number of hydrogen-bond donors (Lipinski definition) is 1. The topological polar surface area (TPSA) is 64.2 Å². The Morgan fingerprint density at radius 3 is 2.33 bits per heavy atom. The molecule has 0 bridgehead atoms. The van der Waals surface area contributed by atoms with Gasteiger partial charge in [0, 0.05) is 32.1 Å². The van der Waals surface area contributed by atoms with E-state index in [2.05, 4.69) is 0 Å². The molecule has 0 fully saturated rings. The molecule has 2 aromatic heterocycles. The average Bonchev–Trinajstić information content (AvgIpc) is 2.82.